The maximum absolute atomic E-state index is 12.9. The maximum Gasteiger partial charge on any atom is 0.226 e. The third kappa shape index (κ3) is 6.80. The minimum Gasteiger partial charge on any atom is -0.351 e. The number of hydrogen-bond acceptors (Lipinski definition) is 3. The number of carbonyl (C=O) groups is 1. The number of hydrogen-bond donors (Lipinski definition) is 0. The average molecular weight is 356 g/mol. The van der Waals surface area contributed by atoms with E-state index in [2.05, 4.69) is 0 Å². The van der Waals surface area contributed by atoms with Crippen molar-refractivity contribution in [2.24, 2.45) is 5.92 Å². The molecule has 1 aromatic rings. The highest BCUT2D eigenvalue weighted by Crippen LogP contribution is 2.17. The van der Waals surface area contributed by atoms with Crippen molar-refractivity contribution in [3.63, 3.8) is 0 Å². The van der Waals surface area contributed by atoms with E-state index in [1.807, 2.05) is 63.8 Å². The minimum atomic E-state index is -0.380. The van der Waals surface area contributed by atoms with E-state index in [4.69, 9.17) is 21.1 Å². The summed E-state index contributed by atoms with van der Waals surface area (Å²) in [5, 5.41) is 0.706. The van der Waals surface area contributed by atoms with Crippen molar-refractivity contribution in [2.45, 2.75) is 53.4 Å². The predicted molar refractivity (Wildman–Crippen MR) is 98.2 cm³/mol. The number of amides is 1. The fourth-order valence-electron chi connectivity index (χ4n) is 2.59. The van der Waals surface area contributed by atoms with E-state index in [9.17, 15) is 4.79 Å². The predicted octanol–water partition coefficient (Wildman–Crippen LogP) is 4.15. The molecule has 1 unspecified atom stereocenters. The molecule has 0 N–H and O–H groups in total. The van der Waals surface area contributed by atoms with Gasteiger partial charge in [0, 0.05) is 30.2 Å². The number of halogens is 1. The Bertz CT molecular complexity index is 484. The third-order valence-electron chi connectivity index (χ3n) is 3.83. The number of benzene rings is 1. The van der Waals surface area contributed by atoms with Crippen LogP contribution in [0.1, 0.15) is 40.2 Å². The average Bonchev–Trinajstić information content (AvgIpc) is 2.54. The first kappa shape index (κ1) is 20.9. The second-order valence-corrected chi connectivity index (χ2v) is 6.59. The van der Waals surface area contributed by atoms with Crippen LogP contribution < -0.4 is 0 Å². The van der Waals surface area contributed by atoms with Gasteiger partial charge in [0.25, 0.3) is 0 Å². The molecule has 5 heteroatoms. The third-order valence-corrected chi connectivity index (χ3v) is 4.09. The molecule has 0 aliphatic rings. The van der Waals surface area contributed by atoms with E-state index >= 15 is 0 Å². The quantitative estimate of drug-likeness (QED) is 0.592. The molecule has 136 valence electrons. The van der Waals surface area contributed by atoms with Crippen LogP contribution in [0.5, 0.6) is 0 Å². The van der Waals surface area contributed by atoms with Gasteiger partial charge < -0.3 is 14.4 Å². The largest absolute Gasteiger partial charge is 0.351 e. The molecule has 0 saturated carbocycles. The summed E-state index contributed by atoms with van der Waals surface area (Å²) in [6, 6.07) is 7.74. The van der Waals surface area contributed by atoms with Gasteiger partial charge in [0.1, 0.15) is 0 Å². The van der Waals surface area contributed by atoms with Crippen molar-refractivity contribution in [1.82, 2.24) is 4.90 Å². The van der Waals surface area contributed by atoms with Crippen LogP contribution in [0.2, 0.25) is 5.02 Å². The lowest BCUT2D eigenvalue weighted by molar-refractivity contribution is -0.163. The summed E-state index contributed by atoms with van der Waals surface area (Å²) in [5.74, 6) is 0.00170. The highest BCUT2D eigenvalue weighted by molar-refractivity contribution is 6.30. The topological polar surface area (TPSA) is 38.8 Å². The standard InChI is InChI=1S/C19H30ClNO3/c1-6-23-18(24-7-2)13-21(14(3)4)19(22)15(5)12-16-8-10-17(20)11-9-16/h8-11,14-15,18H,6-7,12-13H2,1-5H3. The highest BCUT2D eigenvalue weighted by Gasteiger charge is 2.26. The lowest BCUT2D eigenvalue weighted by atomic mass is 9.99. The van der Waals surface area contributed by atoms with Crippen LogP contribution >= 0.6 is 11.6 Å². The van der Waals surface area contributed by atoms with Gasteiger partial charge in [-0.1, -0.05) is 30.7 Å². The van der Waals surface area contributed by atoms with Crippen LogP contribution in [0.15, 0.2) is 24.3 Å². The zero-order valence-corrected chi connectivity index (χ0v) is 16.2. The molecule has 0 aliphatic carbocycles. The van der Waals surface area contributed by atoms with Crippen molar-refractivity contribution >= 4 is 17.5 Å². The fourth-order valence-corrected chi connectivity index (χ4v) is 2.71. The van der Waals surface area contributed by atoms with Crippen molar-refractivity contribution in [3.8, 4) is 0 Å². The number of ether oxygens (including phenoxy) is 2. The van der Waals surface area contributed by atoms with Gasteiger partial charge in [0.2, 0.25) is 5.91 Å². The zero-order chi connectivity index (χ0) is 18.1. The second kappa shape index (κ2) is 10.7. The molecule has 0 bridgehead atoms. The molecule has 0 spiro atoms. The van der Waals surface area contributed by atoms with Gasteiger partial charge >= 0.3 is 0 Å². The first-order valence-corrected chi connectivity index (χ1v) is 9.04. The molecule has 0 heterocycles. The van der Waals surface area contributed by atoms with E-state index in [-0.39, 0.29) is 24.2 Å². The zero-order valence-electron chi connectivity index (χ0n) is 15.4. The van der Waals surface area contributed by atoms with Crippen molar-refractivity contribution in [1.29, 1.82) is 0 Å². The molecular formula is C19H30ClNO3. The molecule has 1 rings (SSSR count). The van der Waals surface area contributed by atoms with E-state index < -0.39 is 0 Å². The van der Waals surface area contributed by atoms with Gasteiger partial charge in [0.15, 0.2) is 6.29 Å². The number of nitrogens with zero attached hydrogens (tertiary/aromatic N) is 1. The van der Waals surface area contributed by atoms with Crippen molar-refractivity contribution in [2.75, 3.05) is 19.8 Å². The molecule has 0 radical (unpaired) electrons. The molecule has 0 fully saturated rings. The molecule has 0 saturated heterocycles. The highest BCUT2D eigenvalue weighted by atomic mass is 35.5. The maximum atomic E-state index is 12.9. The first-order chi connectivity index (χ1) is 11.4. The van der Waals surface area contributed by atoms with Crippen LogP contribution in [0.25, 0.3) is 0 Å². The summed E-state index contributed by atoms with van der Waals surface area (Å²) in [6.07, 6.45) is 0.307. The summed E-state index contributed by atoms with van der Waals surface area (Å²) < 4.78 is 11.2. The second-order valence-electron chi connectivity index (χ2n) is 6.16. The Morgan fingerprint density at radius 2 is 1.62 bits per heavy atom. The molecule has 24 heavy (non-hydrogen) atoms. The summed E-state index contributed by atoms with van der Waals surface area (Å²) in [5.41, 5.74) is 1.11. The van der Waals surface area contributed by atoms with Crippen LogP contribution in [0.4, 0.5) is 0 Å². The molecule has 0 aliphatic heterocycles. The fraction of sp³-hybridized carbons (Fsp3) is 0.632. The van der Waals surface area contributed by atoms with Gasteiger partial charge in [-0.2, -0.15) is 0 Å². The van der Waals surface area contributed by atoms with Crippen LogP contribution in [-0.2, 0) is 20.7 Å². The summed E-state index contributed by atoms with van der Waals surface area (Å²) in [6.45, 7) is 11.4. The molecule has 1 amide bonds. The molecule has 1 atom stereocenters. The Balaban J connectivity index is 2.74. The lowest BCUT2D eigenvalue weighted by Crippen LogP contribution is -2.46. The Morgan fingerprint density at radius 1 is 1.08 bits per heavy atom. The van der Waals surface area contributed by atoms with Crippen molar-refractivity contribution in [3.05, 3.63) is 34.9 Å². The molecular weight excluding hydrogens is 326 g/mol. The molecule has 1 aromatic carbocycles. The monoisotopic (exact) mass is 355 g/mol. The molecule has 0 aromatic heterocycles. The van der Waals surface area contributed by atoms with E-state index in [1.54, 1.807) is 0 Å². The van der Waals surface area contributed by atoms with E-state index in [0.717, 1.165) is 5.56 Å². The van der Waals surface area contributed by atoms with E-state index in [1.165, 1.54) is 0 Å². The Hall–Kier alpha value is -1.10. The summed E-state index contributed by atoms with van der Waals surface area (Å²) in [7, 11) is 0. The van der Waals surface area contributed by atoms with Gasteiger partial charge in [-0.3, -0.25) is 4.79 Å². The Labute approximate surface area is 151 Å². The number of rotatable bonds is 10. The SMILES string of the molecule is CCOC(CN(C(=O)C(C)Cc1ccc(Cl)cc1)C(C)C)OCC. The lowest BCUT2D eigenvalue weighted by Gasteiger charge is -2.32. The van der Waals surface area contributed by atoms with Gasteiger partial charge in [0.05, 0.1) is 6.54 Å². The molecule has 4 nitrogen and oxygen atoms in total. The van der Waals surface area contributed by atoms with Crippen LogP contribution in [-0.4, -0.2) is 42.9 Å². The number of carbonyl (C=O) groups excluding carboxylic acids is 1. The van der Waals surface area contributed by atoms with Gasteiger partial charge in [-0.15, -0.1) is 0 Å². The summed E-state index contributed by atoms with van der Waals surface area (Å²) in [4.78, 5) is 14.7. The first-order valence-electron chi connectivity index (χ1n) is 8.67. The van der Waals surface area contributed by atoms with Gasteiger partial charge in [-0.05, 0) is 51.8 Å². The van der Waals surface area contributed by atoms with Gasteiger partial charge in [-0.25, -0.2) is 0 Å². The Morgan fingerprint density at radius 3 is 2.08 bits per heavy atom. The van der Waals surface area contributed by atoms with E-state index in [0.29, 0.717) is 31.2 Å². The van der Waals surface area contributed by atoms with Crippen LogP contribution in [0, 0.1) is 5.92 Å². The Kier molecular flexibility index (Phi) is 9.34. The normalized spacial score (nSPS) is 12.7. The van der Waals surface area contributed by atoms with Crippen molar-refractivity contribution < 1.29 is 14.3 Å². The summed E-state index contributed by atoms with van der Waals surface area (Å²) >= 11 is 5.92. The smallest absolute Gasteiger partial charge is 0.226 e. The minimum absolute atomic E-state index is 0.0913. The van der Waals surface area contributed by atoms with Crippen LogP contribution in [0.3, 0.4) is 0 Å².